The number of amides is 1. The van der Waals surface area contributed by atoms with E-state index < -0.39 is 26.8 Å². The van der Waals surface area contributed by atoms with Crippen LogP contribution in [0.15, 0.2) is 29.3 Å². The van der Waals surface area contributed by atoms with E-state index in [2.05, 4.69) is 20.8 Å². The molecule has 8 nitrogen and oxygen atoms in total. The minimum atomic E-state index is -3.60. The van der Waals surface area contributed by atoms with Gasteiger partial charge in [-0.15, -0.1) is 0 Å². The Balaban J connectivity index is 2.50. The second kappa shape index (κ2) is 7.11. The summed E-state index contributed by atoms with van der Waals surface area (Å²) >= 11 is 0. The van der Waals surface area contributed by atoms with Gasteiger partial charge in [-0.2, -0.15) is 0 Å². The molecule has 1 amide bonds. The van der Waals surface area contributed by atoms with Gasteiger partial charge in [0.25, 0.3) is 5.91 Å². The molecule has 0 spiro atoms. The number of rotatable bonds is 5. The quantitative estimate of drug-likeness (QED) is 0.670. The number of halogens is 1. The maximum absolute atomic E-state index is 14.4. The zero-order valence-corrected chi connectivity index (χ0v) is 14.7. The molecule has 134 valence electrons. The van der Waals surface area contributed by atoms with E-state index in [-0.39, 0.29) is 27.7 Å². The first kappa shape index (κ1) is 18.7. The Bertz CT molecular complexity index is 915. The molecular weight excluding hydrogens is 349 g/mol. The molecule has 25 heavy (non-hydrogen) atoms. The number of nitrogens with zero attached hydrogens (tertiary/aromatic N) is 2. The highest BCUT2D eigenvalue weighted by atomic mass is 32.2. The summed E-state index contributed by atoms with van der Waals surface area (Å²) in [6, 6.07) is 3.50. The molecule has 0 aliphatic heterocycles. The van der Waals surface area contributed by atoms with Crippen molar-refractivity contribution < 1.29 is 17.6 Å². The van der Waals surface area contributed by atoms with Crippen molar-refractivity contribution in [3.8, 4) is 11.3 Å². The molecule has 1 aromatic carbocycles. The molecule has 2 rings (SSSR count). The van der Waals surface area contributed by atoms with Crippen LogP contribution >= 0.6 is 0 Å². The van der Waals surface area contributed by atoms with Crippen molar-refractivity contribution in [3.63, 3.8) is 0 Å². The van der Waals surface area contributed by atoms with Crippen molar-refractivity contribution in [3.05, 3.63) is 35.9 Å². The summed E-state index contributed by atoms with van der Waals surface area (Å²) in [6.07, 6.45) is 1.21. The van der Waals surface area contributed by atoms with Crippen LogP contribution in [0.2, 0.25) is 0 Å². The van der Waals surface area contributed by atoms with Gasteiger partial charge in [0.2, 0.25) is 0 Å². The molecule has 0 saturated carbocycles. The lowest BCUT2D eigenvalue weighted by atomic mass is 10.1. The van der Waals surface area contributed by atoms with Crippen molar-refractivity contribution >= 4 is 21.6 Å². The summed E-state index contributed by atoms with van der Waals surface area (Å²) in [4.78, 5) is 19.6. The lowest BCUT2D eigenvalue weighted by Crippen LogP contribution is -2.35. The molecule has 0 unspecified atom stereocenters. The SMILES string of the molecule is CNNC(=O)c1nc(-c2ccc(S(=O)(=O)C(C)C)cc2F)cnc1N. The average molecular weight is 367 g/mol. The number of carbonyl (C=O) groups excluding carboxylic acids is 1. The first-order valence-corrected chi connectivity index (χ1v) is 8.86. The standard InChI is InChI=1S/C15H18FN5O3S/c1-8(2)25(23,24)9-4-5-10(11(16)6-9)12-7-19-14(17)13(20-12)15(22)21-18-3/h4-8,18H,1-3H3,(H2,17,19)(H,21,22). The number of nitrogens with one attached hydrogen (secondary N) is 2. The highest BCUT2D eigenvalue weighted by Crippen LogP contribution is 2.26. The minimum absolute atomic E-state index is 0.00807. The van der Waals surface area contributed by atoms with Crippen molar-refractivity contribution in [2.24, 2.45) is 0 Å². The number of nitrogen functional groups attached to an aromatic ring is 1. The summed E-state index contributed by atoms with van der Waals surface area (Å²) in [5.41, 5.74) is 10.2. The van der Waals surface area contributed by atoms with E-state index >= 15 is 0 Å². The van der Waals surface area contributed by atoms with E-state index in [0.717, 1.165) is 6.07 Å². The molecule has 2 aromatic rings. The van der Waals surface area contributed by atoms with Gasteiger partial charge in [-0.25, -0.2) is 28.2 Å². The fourth-order valence-electron chi connectivity index (χ4n) is 2.02. The zero-order chi connectivity index (χ0) is 18.8. The Morgan fingerprint density at radius 2 is 2.00 bits per heavy atom. The molecule has 0 aliphatic rings. The number of hydrazine groups is 1. The minimum Gasteiger partial charge on any atom is -0.382 e. The van der Waals surface area contributed by atoms with Crippen LogP contribution in [-0.2, 0) is 9.84 Å². The van der Waals surface area contributed by atoms with Gasteiger partial charge in [0.1, 0.15) is 5.82 Å². The predicted molar refractivity (Wildman–Crippen MR) is 90.7 cm³/mol. The third-order valence-electron chi connectivity index (χ3n) is 3.42. The van der Waals surface area contributed by atoms with Crippen LogP contribution in [0, 0.1) is 5.82 Å². The van der Waals surface area contributed by atoms with Crippen molar-refractivity contribution in [2.75, 3.05) is 12.8 Å². The van der Waals surface area contributed by atoms with Gasteiger partial charge >= 0.3 is 0 Å². The van der Waals surface area contributed by atoms with Gasteiger partial charge < -0.3 is 5.73 Å². The number of nitrogens with two attached hydrogens (primary N) is 1. The summed E-state index contributed by atoms with van der Waals surface area (Å²) in [7, 11) is -2.12. The van der Waals surface area contributed by atoms with Crippen LogP contribution in [0.1, 0.15) is 24.3 Å². The van der Waals surface area contributed by atoms with Crippen LogP contribution in [0.4, 0.5) is 10.2 Å². The fourth-order valence-corrected chi connectivity index (χ4v) is 3.09. The lowest BCUT2D eigenvalue weighted by molar-refractivity contribution is 0.0933. The second-order valence-electron chi connectivity index (χ2n) is 5.43. The van der Waals surface area contributed by atoms with Gasteiger partial charge in [0.05, 0.1) is 22.0 Å². The van der Waals surface area contributed by atoms with Crippen molar-refractivity contribution in [1.82, 2.24) is 20.8 Å². The Hall–Kier alpha value is -2.59. The summed E-state index contributed by atoms with van der Waals surface area (Å²) in [5.74, 6) is -1.54. The molecule has 1 aromatic heterocycles. The maximum atomic E-state index is 14.4. The average Bonchev–Trinajstić information content (AvgIpc) is 2.55. The topological polar surface area (TPSA) is 127 Å². The number of hydrogen-bond donors (Lipinski definition) is 3. The monoisotopic (exact) mass is 367 g/mol. The molecule has 0 saturated heterocycles. The summed E-state index contributed by atoms with van der Waals surface area (Å²) < 4.78 is 38.7. The van der Waals surface area contributed by atoms with Crippen LogP contribution in [0.3, 0.4) is 0 Å². The molecular formula is C15H18FN5O3S. The summed E-state index contributed by atoms with van der Waals surface area (Å²) in [6.45, 7) is 3.03. The van der Waals surface area contributed by atoms with E-state index in [0.29, 0.717) is 0 Å². The number of benzene rings is 1. The van der Waals surface area contributed by atoms with E-state index in [1.165, 1.54) is 39.2 Å². The Labute approximate surface area is 144 Å². The van der Waals surface area contributed by atoms with Gasteiger partial charge in [-0.3, -0.25) is 10.2 Å². The number of hydrogen-bond acceptors (Lipinski definition) is 7. The van der Waals surface area contributed by atoms with Crippen LogP contribution in [0.5, 0.6) is 0 Å². The third-order valence-corrected chi connectivity index (χ3v) is 5.57. The van der Waals surface area contributed by atoms with Gasteiger partial charge in [-0.05, 0) is 32.0 Å². The van der Waals surface area contributed by atoms with E-state index in [1.807, 2.05) is 0 Å². The maximum Gasteiger partial charge on any atom is 0.287 e. The predicted octanol–water partition coefficient (Wildman–Crippen LogP) is 0.911. The second-order valence-corrected chi connectivity index (χ2v) is 7.93. The first-order valence-electron chi connectivity index (χ1n) is 7.32. The Morgan fingerprint density at radius 1 is 1.32 bits per heavy atom. The largest absolute Gasteiger partial charge is 0.382 e. The Kier molecular flexibility index (Phi) is 5.33. The zero-order valence-electron chi connectivity index (χ0n) is 13.9. The first-order chi connectivity index (χ1) is 11.7. The van der Waals surface area contributed by atoms with Crippen molar-refractivity contribution in [1.29, 1.82) is 0 Å². The van der Waals surface area contributed by atoms with Crippen molar-refractivity contribution in [2.45, 2.75) is 24.0 Å². The smallest absolute Gasteiger partial charge is 0.287 e. The van der Waals surface area contributed by atoms with E-state index in [9.17, 15) is 17.6 Å². The van der Waals surface area contributed by atoms with E-state index in [4.69, 9.17) is 5.73 Å². The van der Waals surface area contributed by atoms with Crippen LogP contribution in [-0.4, -0.2) is 36.6 Å². The molecule has 0 radical (unpaired) electrons. The number of carbonyl (C=O) groups is 1. The number of aromatic nitrogens is 2. The van der Waals surface area contributed by atoms with E-state index in [1.54, 1.807) is 0 Å². The third kappa shape index (κ3) is 3.74. The van der Waals surface area contributed by atoms with Crippen LogP contribution < -0.4 is 16.6 Å². The molecule has 0 bridgehead atoms. The highest BCUT2D eigenvalue weighted by molar-refractivity contribution is 7.92. The molecule has 4 N–H and O–H groups in total. The normalized spacial score (nSPS) is 11.6. The highest BCUT2D eigenvalue weighted by Gasteiger charge is 2.22. The van der Waals surface area contributed by atoms with Crippen LogP contribution in [0.25, 0.3) is 11.3 Å². The van der Waals surface area contributed by atoms with Gasteiger partial charge in [0, 0.05) is 12.6 Å². The number of anilines is 1. The van der Waals surface area contributed by atoms with Gasteiger partial charge in [-0.1, -0.05) is 0 Å². The number of sulfone groups is 1. The molecule has 1 heterocycles. The molecule has 0 aliphatic carbocycles. The lowest BCUT2D eigenvalue weighted by Gasteiger charge is -2.11. The van der Waals surface area contributed by atoms with Gasteiger partial charge in [0.15, 0.2) is 21.3 Å². The fraction of sp³-hybridized carbons (Fsp3) is 0.267. The molecule has 0 atom stereocenters. The Morgan fingerprint density at radius 3 is 2.56 bits per heavy atom. The summed E-state index contributed by atoms with van der Waals surface area (Å²) in [5, 5.41) is -0.675. The molecule has 10 heteroatoms. The molecule has 0 fully saturated rings.